The smallest absolute Gasteiger partial charge is 0.344 e. The summed E-state index contributed by atoms with van der Waals surface area (Å²) >= 11 is 0. The van der Waals surface area contributed by atoms with Crippen molar-refractivity contribution < 1.29 is 9.53 Å². The molecule has 1 aromatic carbocycles. The topological polar surface area (TPSA) is 73.9 Å². The van der Waals surface area contributed by atoms with Crippen LogP contribution < -0.4 is 0 Å². The van der Waals surface area contributed by atoms with E-state index in [1.165, 1.54) is 0 Å². The molecule has 1 aromatic rings. The Morgan fingerprint density at radius 2 is 1.73 bits per heavy atom. The SMILES string of the molecule is N#CC(C#N)=C1OC(=O)c2ccccc21. The van der Waals surface area contributed by atoms with E-state index in [4.69, 9.17) is 15.3 Å². The van der Waals surface area contributed by atoms with Crippen molar-refractivity contribution in [1.82, 2.24) is 0 Å². The molecule has 0 N–H and O–H groups in total. The molecule has 0 bridgehead atoms. The van der Waals surface area contributed by atoms with Crippen LogP contribution in [0.15, 0.2) is 29.8 Å². The molecule has 1 heterocycles. The van der Waals surface area contributed by atoms with Crippen LogP contribution in [0.4, 0.5) is 0 Å². The number of hydrogen-bond acceptors (Lipinski definition) is 4. The third kappa shape index (κ3) is 1.25. The number of hydrogen-bond donors (Lipinski definition) is 0. The monoisotopic (exact) mass is 196 g/mol. The van der Waals surface area contributed by atoms with E-state index in [1.807, 2.05) is 0 Å². The molecule has 0 saturated heterocycles. The van der Waals surface area contributed by atoms with Gasteiger partial charge in [0.25, 0.3) is 0 Å². The molecule has 0 radical (unpaired) electrons. The van der Waals surface area contributed by atoms with Crippen LogP contribution in [0.3, 0.4) is 0 Å². The van der Waals surface area contributed by atoms with Crippen molar-refractivity contribution >= 4 is 11.7 Å². The predicted molar refractivity (Wildman–Crippen MR) is 50.0 cm³/mol. The van der Waals surface area contributed by atoms with Gasteiger partial charge in [-0.2, -0.15) is 10.5 Å². The highest BCUT2D eigenvalue weighted by molar-refractivity contribution is 6.04. The second kappa shape index (κ2) is 3.28. The van der Waals surface area contributed by atoms with Gasteiger partial charge in [-0.15, -0.1) is 0 Å². The van der Waals surface area contributed by atoms with Crippen LogP contribution in [-0.4, -0.2) is 5.97 Å². The maximum atomic E-state index is 11.3. The fourth-order valence-corrected chi connectivity index (χ4v) is 1.37. The Morgan fingerprint density at radius 1 is 1.13 bits per heavy atom. The van der Waals surface area contributed by atoms with Gasteiger partial charge < -0.3 is 4.74 Å². The van der Waals surface area contributed by atoms with Gasteiger partial charge in [-0.25, -0.2) is 4.79 Å². The molecule has 4 nitrogen and oxygen atoms in total. The Labute approximate surface area is 85.6 Å². The Morgan fingerprint density at radius 3 is 2.33 bits per heavy atom. The maximum Gasteiger partial charge on any atom is 0.344 e. The van der Waals surface area contributed by atoms with Crippen molar-refractivity contribution in [1.29, 1.82) is 10.5 Å². The second-order valence-electron chi connectivity index (χ2n) is 2.86. The summed E-state index contributed by atoms with van der Waals surface area (Å²) in [6.07, 6.45) is 0. The second-order valence-corrected chi connectivity index (χ2v) is 2.86. The quantitative estimate of drug-likeness (QED) is 0.466. The zero-order valence-electron chi connectivity index (χ0n) is 7.52. The number of allylic oxidation sites excluding steroid dienone is 1. The van der Waals surface area contributed by atoms with Gasteiger partial charge in [0, 0.05) is 5.56 Å². The highest BCUT2D eigenvalue weighted by Crippen LogP contribution is 2.31. The third-order valence-electron chi connectivity index (χ3n) is 2.04. The molecule has 1 aliphatic heterocycles. The Bertz CT molecular complexity index is 543. The van der Waals surface area contributed by atoms with E-state index in [1.54, 1.807) is 36.4 Å². The minimum absolute atomic E-state index is 0.0561. The lowest BCUT2D eigenvalue weighted by Crippen LogP contribution is -1.92. The summed E-state index contributed by atoms with van der Waals surface area (Å²) < 4.78 is 4.87. The zero-order chi connectivity index (χ0) is 10.8. The molecule has 15 heavy (non-hydrogen) atoms. The van der Waals surface area contributed by atoms with E-state index in [0.717, 1.165) is 0 Å². The molecule has 0 fully saturated rings. The Kier molecular flexibility index (Phi) is 1.97. The minimum Gasteiger partial charge on any atom is -0.420 e. The summed E-state index contributed by atoms with van der Waals surface area (Å²) in [5.41, 5.74) is 0.699. The number of benzene rings is 1. The van der Waals surface area contributed by atoms with E-state index in [0.29, 0.717) is 11.1 Å². The first-order chi connectivity index (χ1) is 7.27. The minimum atomic E-state index is -0.524. The number of esters is 1. The van der Waals surface area contributed by atoms with Crippen LogP contribution in [0, 0.1) is 22.7 Å². The van der Waals surface area contributed by atoms with Gasteiger partial charge in [0.2, 0.25) is 0 Å². The zero-order valence-corrected chi connectivity index (χ0v) is 7.52. The summed E-state index contributed by atoms with van der Waals surface area (Å²) in [4.78, 5) is 11.3. The van der Waals surface area contributed by atoms with Crippen molar-refractivity contribution in [3.63, 3.8) is 0 Å². The molecule has 2 rings (SSSR count). The fraction of sp³-hybridized carbons (Fsp3) is 0. The molecule has 70 valence electrons. The lowest BCUT2D eigenvalue weighted by Gasteiger charge is -1.95. The van der Waals surface area contributed by atoms with Crippen LogP contribution in [-0.2, 0) is 4.74 Å². The first-order valence-corrected chi connectivity index (χ1v) is 4.14. The Hall–Kier alpha value is -2.59. The standard InChI is InChI=1S/C11H4N2O2/c12-5-7(6-13)10-8-3-1-2-4-9(8)11(14)15-10/h1-4H. The van der Waals surface area contributed by atoms with Crippen molar-refractivity contribution in [2.24, 2.45) is 0 Å². The van der Waals surface area contributed by atoms with E-state index in [2.05, 4.69) is 0 Å². The van der Waals surface area contributed by atoms with Crippen LogP contribution in [0.25, 0.3) is 5.76 Å². The van der Waals surface area contributed by atoms with E-state index in [-0.39, 0.29) is 11.3 Å². The molecular weight excluding hydrogens is 192 g/mol. The van der Waals surface area contributed by atoms with E-state index in [9.17, 15) is 4.79 Å². The molecule has 0 unspecified atom stereocenters. The summed E-state index contributed by atoms with van der Waals surface area (Å²) in [5, 5.41) is 17.4. The predicted octanol–water partition coefficient (Wildman–Crippen LogP) is 1.62. The molecule has 4 heteroatoms. The van der Waals surface area contributed by atoms with E-state index >= 15 is 0 Å². The summed E-state index contributed by atoms with van der Waals surface area (Å²) in [6, 6.07) is 10.0. The molecule has 0 aromatic heterocycles. The van der Waals surface area contributed by atoms with Gasteiger partial charge in [-0.1, -0.05) is 18.2 Å². The molecular formula is C11H4N2O2. The van der Waals surface area contributed by atoms with Gasteiger partial charge >= 0.3 is 5.97 Å². The number of fused-ring (bicyclic) bond motifs is 1. The fourth-order valence-electron chi connectivity index (χ4n) is 1.37. The lowest BCUT2D eigenvalue weighted by atomic mass is 10.1. The van der Waals surface area contributed by atoms with Gasteiger partial charge in [0.1, 0.15) is 12.1 Å². The Balaban J connectivity index is 2.71. The van der Waals surface area contributed by atoms with Gasteiger partial charge in [-0.05, 0) is 6.07 Å². The number of carbonyl (C=O) groups is 1. The molecule has 0 saturated carbocycles. The van der Waals surface area contributed by atoms with Crippen LogP contribution in [0.1, 0.15) is 15.9 Å². The average Bonchev–Trinajstić information content (AvgIpc) is 2.60. The normalized spacial score (nSPS) is 12.4. The average molecular weight is 196 g/mol. The number of ether oxygens (including phenoxy) is 1. The van der Waals surface area contributed by atoms with Crippen molar-refractivity contribution in [3.05, 3.63) is 41.0 Å². The lowest BCUT2D eigenvalue weighted by molar-refractivity contribution is 0.0715. The van der Waals surface area contributed by atoms with Crippen molar-refractivity contribution in [3.8, 4) is 12.1 Å². The van der Waals surface area contributed by atoms with E-state index < -0.39 is 5.97 Å². The number of nitrogens with zero attached hydrogens (tertiary/aromatic N) is 2. The van der Waals surface area contributed by atoms with Crippen molar-refractivity contribution in [2.45, 2.75) is 0 Å². The summed E-state index contributed by atoms with van der Waals surface area (Å²) in [5.74, 6) is -0.468. The number of nitriles is 2. The number of cyclic esters (lactones) is 1. The highest BCUT2D eigenvalue weighted by atomic mass is 16.5. The van der Waals surface area contributed by atoms with Crippen LogP contribution in [0.5, 0.6) is 0 Å². The maximum absolute atomic E-state index is 11.3. The van der Waals surface area contributed by atoms with Crippen molar-refractivity contribution in [2.75, 3.05) is 0 Å². The number of rotatable bonds is 0. The first-order valence-electron chi connectivity index (χ1n) is 4.14. The first kappa shape index (κ1) is 8.98. The van der Waals surface area contributed by atoms with Gasteiger partial charge in [-0.3, -0.25) is 0 Å². The van der Waals surface area contributed by atoms with Gasteiger partial charge in [0.15, 0.2) is 11.3 Å². The largest absolute Gasteiger partial charge is 0.420 e. The highest BCUT2D eigenvalue weighted by Gasteiger charge is 2.28. The molecule has 0 atom stereocenters. The molecule has 0 aliphatic carbocycles. The molecule has 1 aliphatic rings. The van der Waals surface area contributed by atoms with Crippen LogP contribution in [0.2, 0.25) is 0 Å². The van der Waals surface area contributed by atoms with Crippen LogP contribution >= 0.6 is 0 Å². The summed E-state index contributed by atoms with van der Waals surface area (Å²) in [7, 11) is 0. The molecule has 0 amide bonds. The number of carbonyl (C=O) groups excluding carboxylic acids is 1. The molecule has 0 spiro atoms. The third-order valence-corrected chi connectivity index (χ3v) is 2.04. The van der Waals surface area contributed by atoms with Gasteiger partial charge in [0.05, 0.1) is 5.56 Å². The summed E-state index contributed by atoms with van der Waals surface area (Å²) in [6.45, 7) is 0.